The maximum Gasteiger partial charge on any atom is 0.243 e. The van der Waals surface area contributed by atoms with Crippen LogP contribution < -0.4 is 11.1 Å². The van der Waals surface area contributed by atoms with E-state index in [9.17, 15) is 4.79 Å². The van der Waals surface area contributed by atoms with Crippen LogP contribution in [-0.2, 0) is 9.53 Å². The number of nitrogens with one attached hydrogen (secondary N) is 1. The van der Waals surface area contributed by atoms with Crippen molar-refractivity contribution in [3.8, 4) is 5.69 Å². The summed E-state index contributed by atoms with van der Waals surface area (Å²) in [5.74, 6) is -0.310. The highest BCUT2D eigenvalue weighted by Crippen LogP contribution is 2.13. The number of ether oxygens (including phenoxy) is 1. The van der Waals surface area contributed by atoms with Gasteiger partial charge < -0.3 is 15.8 Å². The van der Waals surface area contributed by atoms with Crippen molar-refractivity contribution in [2.24, 2.45) is 5.73 Å². The maximum atomic E-state index is 11.7. The molecule has 0 aliphatic rings. The van der Waals surface area contributed by atoms with Gasteiger partial charge in [-0.25, -0.2) is 4.68 Å². The van der Waals surface area contributed by atoms with Crippen molar-refractivity contribution in [3.63, 3.8) is 0 Å². The van der Waals surface area contributed by atoms with E-state index in [4.69, 9.17) is 10.5 Å². The van der Waals surface area contributed by atoms with E-state index in [1.807, 2.05) is 6.07 Å². The average molecular weight is 299 g/mol. The first-order valence-corrected chi connectivity index (χ1v) is 5.59. The minimum absolute atomic E-state index is 0. The van der Waals surface area contributed by atoms with Gasteiger partial charge in [0.15, 0.2) is 0 Å². The second-order valence-electron chi connectivity index (χ2n) is 3.86. The molecule has 1 amide bonds. The third-order valence-corrected chi connectivity index (χ3v) is 2.41. The fraction of sp³-hybridized carbons (Fsp3) is 0.273. The topological polar surface area (TPSA) is 108 Å². The number of methoxy groups -OCH3 is 1. The molecule has 1 unspecified atom stereocenters. The summed E-state index contributed by atoms with van der Waals surface area (Å²) < 4.78 is 6.32. The highest BCUT2D eigenvalue weighted by atomic mass is 35.5. The van der Waals surface area contributed by atoms with Gasteiger partial charge in [-0.05, 0) is 28.6 Å². The summed E-state index contributed by atoms with van der Waals surface area (Å²) in [5, 5.41) is 13.6. The number of tetrazole rings is 1. The van der Waals surface area contributed by atoms with Crippen LogP contribution in [0.5, 0.6) is 0 Å². The Hall–Kier alpha value is -2.03. The van der Waals surface area contributed by atoms with Crippen molar-refractivity contribution in [3.05, 3.63) is 30.6 Å². The summed E-state index contributed by atoms with van der Waals surface area (Å²) in [5.41, 5.74) is 6.99. The van der Waals surface area contributed by atoms with Gasteiger partial charge in [-0.3, -0.25) is 4.79 Å². The maximum absolute atomic E-state index is 11.7. The van der Waals surface area contributed by atoms with E-state index >= 15 is 0 Å². The number of carbonyl (C=O) groups is 1. The SMILES string of the molecule is COCC(N)C(=O)Nc1cccc(-n2cnnn2)c1.Cl. The molecule has 0 bridgehead atoms. The number of carbonyl (C=O) groups excluding carboxylic acids is 1. The van der Waals surface area contributed by atoms with Gasteiger partial charge in [0, 0.05) is 12.8 Å². The minimum Gasteiger partial charge on any atom is -0.383 e. The van der Waals surface area contributed by atoms with Crippen LogP contribution in [0.3, 0.4) is 0 Å². The molecule has 0 aliphatic heterocycles. The zero-order valence-corrected chi connectivity index (χ0v) is 11.6. The third kappa shape index (κ3) is 3.98. The van der Waals surface area contributed by atoms with E-state index in [1.165, 1.54) is 18.1 Å². The summed E-state index contributed by atoms with van der Waals surface area (Å²) in [6.45, 7) is 0.165. The summed E-state index contributed by atoms with van der Waals surface area (Å²) in [6.07, 6.45) is 1.47. The lowest BCUT2D eigenvalue weighted by Gasteiger charge is -2.11. The molecule has 2 aromatic rings. The molecule has 1 aromatic carbocycles. The Morgan fingerprint density at radius 2 is 2.35 bits per heavy atom. The molecule has 9 heteroatoms. The zero-order chi connectivity index (χ0) is 13.7. The number of aromatic nitrogens is 4. The number of hydrogen-bond donors (Lipinski definition) is 2. The smallest absolute Gasteiger partial charge is 0.243 e. The van der Waals surface area contributed by atoms with Gasteiger partial charge in [0.05, 0.1) is 12.3 Å². The van der Waals surface area contributed by atoms with Crippen molar-refractivity contribution < 1.29 is 9.53 Å². The van der Waals surface area contributed by atoms with Gasteiger partial charge in [-0.1, -0.05) is 6.07 Å². The number of nitrogens with zero attached hydrogens (tertiary/aromatic N) is 4. The normalized spacial score (nSPS) is 11.5. The first-order valence-electron chi connectivity index (χ1n) is 5.59. The van der Waals surface area contributed by atoms with Crippen molar-refractivity contribution in [2.75, 3.05) is 19.0 Å². The predicted octanol–water partition coefficient (Wildman–Crippen LogP) is -0.00370. The van der Waals surface area contributed by atoms with Crippen LogP contribution in [0.1, 0.15) is 0 Å². The molecule has 0 aliphatic carbocycles. The average Bonchev–Trinajstić information content (AvgIpc) is 2.93. The van der Waals surface area contributed by atoms with Crippen molar-refractivity contribution in [1.82, 2.24) is 20.2 Å². The minimum atomic E-state index is -0.707. The van der Waals surface area contributed by atoms with Gasteiger partial charge in [-0.2, -0.15) is 0 Å². The van der Waals surface area contributed by atoms with E-state index in [0.29, 0.717) is 5.69 Å². The number of benzene rings is 1. The van der Waals surface area contributed by atoms with Gasteiger partial charge in [-0.15, -0.1) is 17.5 Å². The molecule has 2 rings (SSSR count). The summed E-state index contributed by atoms with van der Waals surface area (Å²) in [7, 11) is 1.49. The predicted molar refractivity (Wildman–Crippen MR) is 74.9 cm³/mol. The summed E-state index contributed by atoms with van der Waals surface area (Å²) in [6, 6.07) is 6.40. The first-order chi connectivity index (χ1) is 9.20. The quantitative estimate of drug-likeness (QED) is 0.804. The Bertz CT molecular complexity index is 548. The number of halogens is 1. The molecular formula is C11H15ClN6O2. The Kier molecular flexibility index (Phi) is 6.04. The molecule has 8 nitrogen and oxygen atoms in total. The number of nitrogens with two attached hydrogens (primary N) is 1. The molecular weight excluding hydrogens is 284 g/mol. The Morgan fingerprint density at radius 1 is 1.55 bits per heavy atom. The standard InChI is InChI=1S/C11H14N6O2.ClH/c1-19-6-10(12)11(18)14-8-3-2-4-9(5-8)17-7-13-15-16-17;/h2-5,7,10H,6,12H2,1H3,(H,14,18);1H. The summed E-state index contributed by atoms with van der Waals surface area (Å²) in [4.78, 5) is 11.7. The largest absolute Gasteiger partial charge is 0.383 e. The number of anilines is 1. The van der Waals surface area contributed by atoms with E-state index in [2.05, 4.69) is 20.8 Å². The lowest BCUT2D eigenvalue weighted by Crippen LogP contribution is -2.39. The van der Waals surface area contributed by atoms with Crippen molar-refractivity contribution in [1.29, 1.82) is 0 Å². The van der Waals surface area contributed by atoms with Gasteiger partial charge in [0.1, 0.15) is 12.4 Å². The molecule has 20 heavy (non-hydrogen) atoms. The van der Waals surface area contributed by atoms with Crippen LogP contribution in [0.2, 0.25) is 0 Å². The monoisotopic (exact) mass is 298 g/mol. The molecule has 3 N–H and O–H groups in total. The third-order valence-electron chi connectivity index (χ3n) is 2.41. The van der Waals surface area contributed by atoms with Crippen LogP contribution >= 0.6 is 12.4 Å². The first kappa shape index (κ1) is 16.0. The molecule has 0 spiro atoms. The molecule has 0 radical (unpaired) electrons. The number of amides is 1. The molecule has 1 heterocycles. The van der Waals surface area contributed by atoms with Gasteiger partial charge in [0.25, 0.3) is 0 Å². The van der Waals surface area contributed by atoms with E-state index in [0.717, 1.165) is 5.69 Å². The van der Waals surface area contributed by atoms with E-state index < -0.39 is 6.04 Å². The highest BCUT2D eigenvalue weighted by Gasteiger charge is 2.13. The van der Waals surface area contributed by atoms with Crippen LogP contribution in [0, 0.1) is 0 Å². The van der Waals surface area contributed by atoms with E-state index in [1.54, 1.807) is 18.2 Å². The molecule has 0 fully saturated rings. The molecule has 0 saturated heterocycles. The van der Waals surface area contributed by atoms with Crippen LogP contribution in [0.4, 0.5) is 5.69 Å². The van der Waals surface area contributed by atoms with Crippen LogP contribution in [0.25, 0.3) is 5.69 Å². The second-order valence-corrected chi connectivity index (χ2v) is 3.86. The summed E-state index contributed by atoms with van der Waals surface area (Å²) >= 11 is 0. The molecule has 0 saturated carbocycles. The lowest BCUT2D eigenvalue weighted by molar-refractivity contribution is -0.118. The Morgan fingerprint density at radius 3 is 3.00 bits per heavy atom. The van der Waals surface area contributed by atoms with Crippen LogP contribution in [-0.4, -0.2) is 45.9 Å². The van der Waals surface area contributed by atoms with Crippen molar-refractivity contribution in [2.45, 2.75) is 6.04 Å². The van der Waals surface area contributed by atoms with Gasteiger partial charge in [0.2, 0.25) is 5.91 Å². The molecule has 108 valence electrons. The zero-order valence-electron chi connectivity index (χ0n) is 10.8. The molecule has 1 atom stereocenters. The molecule has 1 aromatic heterocycles. The lowest BCUT2D eigenvalue weighted by atomic mass is 10.2. The highest BCUT2D eigenvalue weighted by molar-refractivity contribution is 5.95. The fourth-order valence-electron chi connectivity index (χ4n) is 1.50. The van der Waals surface area contributed by atoms with Crippen molar-refractivity contribution >= 4 is 24.0 Å². The fourth-order valence-corrected chi connectivity index (χ4v) is 1.50. The Balaban J connectivity index is 0.00000200. The van der Waals surface area contributed by atoms with Gasteiger partial charge >= 0.3 is 0 Å². The Labute approximate surface area is 121 Å². The number of rotatable bonds is 5. The second kappa shape index (κ2) is 7.53. The van der Waals surface area contributed by atoms with E-state index in [-0.39, 0.29) is 24.9 Å². The number of hydrogen-bond acceptors (Lipinski definition) is 6. The van der Waals surface area contributed by atoms with Crippen LogP contribution in [0.15, 0.2) is 30.6 Å².